The Hall–Kier alpha value is -2.54. The summed E-state index contributed by atoms with van der Waals surface area (Å²) in [6.45, 7) is 7.79. The first kappa shape index (κ1) is 23.7. The van der Waals surface area contributed by atoms with Crippen LogP contribution in [0.2, 0.25) is 0 Å². The molecule has 0 saturated carbocycles. The Bertz CT molecular complexity index is 969. The van der Waals surface area contributed by atoms with Gasteiger partial charge in [-0.1, -0.05) is 45.0 Å². The molecule has 0 unspecified atom stereocenters. The molecule has 0 saturated heterocycles. The number of ether oxygens (including phenoxy) is 1. The number of benzene rings is 2. The van der Waals surface area contributed by atoms with Crippen LogP contribution in [0.1, 0.15) is 55.8 Å². The SMILES string of the molecule is CC[C@H](NC(=O)CN(c1ccc(C(C)C)cc1)S(C)(=O)=O)c1ccc(OC)c(C)c1. The zero-order valence-electron chi connectivity index (χ0n) is 18.6. The highest BCUT2D eigenvalue weighted by molar-refractivity contribution is 7.92. The minimum atomic E-state index is -3.61. The quantitative estimate of drug-likeness (QED) is 0.646. The maximum Gasteiger partial charge on any atom is 0.241 e. The average molecular weight is 433 g/mol. The summed E-state index contributed by atoms with van der Waals surface area (Å²) in [5, 5.41) is 2.96. The molecule has 164 valence electrons. The third-order valence-electron chi connectivity index (χ3n) is 5.10. The number of rotatable bonds is 9. The number of sulfonamides is 1. The summed E-state index contributed by atoms with van der Waals surface area (Å²) in [6.07, 6.45) is 1.79. The number of amides is 1. The summed E-state index contributed by atoms with van der Waals surface area (Å²) in [7, 11) is -1.99. The van der Waals surface area contributed by atoms with Gasteiger partial charge in [0.15, 0.2) is 0 Å². The van der Waals surface area contributed by atoms with Crippen molar-refractivity contribution < 1.29 is 17.9 Å². The molecule has 0 bridgehead atoms. The Kier molecular flexibility index (Phi) is 7.89. The molecule has 0 aliphatic rings. The molecular weight excluding hydrogens is 400 g/mol. The smallest absolute Gasteiger partial charge is 0.241 e. The lowest BCUT2D eigenvalue weighted by Gasteiger charge is -2.24. The Morgan fingerprint density at radius 3 is 2.17 bits per heavy atom. The van der Waals surface area contributed by atoms with Gasteiger partial charge in [0, 0.05) is 0 Å². The van der Waals surface area contributed by atoms with Gasteiger partial charge < -0.3 is 10.1 Å². The van der Waals surface area contributed by atoms with Gasteiger partial charge in [-0.3, -0.25) is 9.10 Å². The van der Waals surface area contributed by atoms with Crippen LogP contribution in [-0.4, -0.2) is 34.2 Å². The molecule has 2 aromatic rings. The Labute approximate surface area is 180 Å². The summed E-state index contributed by atoms with van der Waals surface area (Å²) in [5.74, 6) is 0.772. The van der Waals surface area contributed by atoms with E-state index in [1.165, 1.54) is 0 Å². The maximum absolute atomic E-state index is 12.8. The van der Waals surface area contributed by atoms with Crippen molar-refractivity contribution in [2.24, 2.45) is 0 Å². The average Bonchev–Trinajstić information content (AvgIpc) is 2.69. The van der Waals surface area contributed by atoms with Crippen molar-refractivity contribution in [3.63, 3.8) is 0 Å². The monoisotopic (exact) mass is 432 g/mol. The van der Waals surface area contributed by atoms with E-state index in [-0.39, 0.29) is 18.5 Å². The number of methoxy groups -OCH3 is 1. The van der Waals surface area contributed by atoms with Crippen LogP contribution in [-0.2, 0) is 14.8 Å². The molecule has 7 heteroatoms. The molecule has 0 fully saturated rings. The first-order valence-electron chi connectivity index (χ1n) is 10.1. The van der Waals surface area contributed by atoms with E-state index in [9.17, 15) is 13.2 Å². The van der Waals surface area contributed by atoms with Crippen LogP contribution >= 0.6 is 0 Å². The lowest BCUT2D eigenvalue weighted by Crippen LogP contribution is -2.41. The van der Waals surface area contributed by atoms with Crippen molar-refractivity contribution in [3.8, 4) is 5.75 Å². The van der Waals surface area contributed by atoms with E-state index in [0.717, 1.165) is 33.0 Å². The number of nitrogens with zero attached hydrogens (tertiary/aromatic N) is 1. The fraction of sp³-hybridized carbons (Fsp3) is 0.435. The molecule has 0 spiro atoms. The second-order valence-corrected chi connectivity index (χ2v) is 9.68. The van der Waals surface area contributed by atoms with Gasteiger partial charge in [-0.25, -0.2) is 8.42 Å². The van der Waals surface area contributed by atoms with Crippen molar-refractivity contribution in [1.29, 1.82) is 0 Å². The largest absolute Gasteiger partial charge is 0.496 e. The zero-order valence-corrected chi connectivity index (χ0v) is 19.4. The second-order valence-electron chi connectivity index (χ2n) is 7.77. The molecule has 1 atom stereocenters. The summed E-state index contributed by atoms with van der Waals surface area (Å²) in [4.78, 5) is 12.8. The highest BCUT2D eigenvalue weighted by atomic mass is 32.2. The van der Waals surface area contributed by atoms with Gasteiger partial charge in [0.2, 0.25) is 15.9 Å². The van der Waals surface area contributed by atoms with Crippen LogP contribution in [0.4, 0.5) is 5.69 Å². The van der Waals surface area contributed by atoms with Crippen molar-refractivity contribution in [2.75, 3.05) is 24.2 Å². The number of carbonyl (C=O) groups excluding carboxylic acids is 1. The van der Waals surface area contributed by atoms with Crippen LogP contribution in [0.3, 0.4) is 0 Å². The fourth-order valence-electron chi connectivity index (χ4n) is 3.34. The predicted octanol–water partition coefficient (Wildman–Crippen LogP) is 4.16. The molecule has 0 heterocycles. The van der Waals surface area contributed by atoms with Gasteiger partial charge in [0.1, 0.15) is 12.3 Å². The van der Waals surface area contributed by atoms with Gasteiger partial charge in [0.05, 0.1) is 25.1 Å². The lowest BCUT2D eigenvalue weighted by molar-refractivity contribution is -0.120. The molecule has 1 amide bonds. The van der Waals surface area contributed by atoms with Crippen molar-refractivity contribution >= 4 is 21.6 Å². The Balaban J connectivity index is 2.19. The van der Waals surface area contributed by atoms with Gasteiger partial charge in [-0.15, -0.1) is 0 Å². The molecule has 0 aliphatic carbocycles. The van der Waals surface area contributed by atoms with Gasteiger partial charge in [0.25, 0.3) is 0 Å². The molecule has 0 aromatic heterocycles. The number of carbonyl (C=O) groups is 1. The lowest BCUT2D eigenvalue weighted by atomic mass is 10.0. The molecule has 2 rings (SSSR count). The van der Waals surface area contributed by atoms with Crippen LogP contribution in [0.15, 0.2) is 42.5 Å². The number of aryl methyl sites for hydroxylation is 1. The topological polar surface area (TPSA) is 75.7 Å². The Morgan fingerprint density at radius 1 is 1.10 bits per heavy atom. The normalized spacial score (nSPS) is 12.5. The molecule has 0 aliphatic heterocycles. The van der Waals surface area contributed by atoms with E-state index in [0.29, 0.717) is 18.0 Å². The van der Waals surface area contributed by atoms with Gasteiger partial charge in [-0.2, -0.15) is 0 Å². The minimum absolute atomic E-state index is 0.216. The van der Waals surface area contributed by atoms with Crippen LogP contribution in [0.5, 0.6) is 5.75 Å². The van der Waals surface area contributed by atoms with Crippen molar-refractivity contribution in [1.82, 2.24) is 5.32 Å². The van der Waals surface area contributed by atoms with E-state index in [1.54, 1.807) is 19.2 Å². The molecule has 6 nitrogen and oxygen atoms in total. The standard InChI is InChI=1S/C23H32N2O4S/c1-7-21(19-10-13-22(29-5)17(4)14-19)24-23(26)15-25(30(6,27)28)20-11-8-18(9-12-20)16(2)3/h8-14,16,21H,7,15H2,1-6H3,(H,24,26)/t21-/m0/s1. The summed E-state index contributed by atoms with van der Waals surface area (Å²) < 4.78 is 31.2. The van der Waals surface area contributed by atoms with E-state index >= 15 is 0 Å². The van der Waals surface area contributed by atoms with Crippen LogP contribution in [0.25, 0.3) is 0 Å². The molecule has 0 radical (unpaired) electrons. The first-order valence-corrected chi connectivity index (χ1v) is 11.9. The Morgan fingerprint density at radius 2 is 1.70 bits per heavy atom. The van der Waals surface area contributed by atoms with Gasteiger partial charge >= 0.3 is 0 Å². The maximum atomic E-state index is 12.8. The van der Waals surface area contributed by atoms with Gasteiger partial charge in [-0.05, 0) is 54.2 Å². The summed E-state index contributed by atoms with van der Waals surface area (Å²) in [5.41, 5.74) is 3.52. The minimum Gasteiger partial charge on any atom is -0.496 e. The highest BCUT2D eigenvalue weighted by Gasteiger charge is 2.23. The molecule has 1 N–H and O–H groups in total. The van der Waals surface area contributed by atoms with Crippen LogP contribution < -0.4 is 14.4 Å². The van der Waals surface area contributed by atoms with E-state index in [4.69, 9.17) is 4.74 Å². The zero-order chi connectivity index (χ0) is 22.5. The number of anilines is 1. The number of nitrogens with one attached hydrogen (secondary N) is 1. The predicted molar refractivity (Wildman–Crippen MR) is 122 cm³/mol. The third kappa shape index (κ3) is 5.98. The van der Waals surface area contributed by atoms with Crippen molar-refractivity contribution in [2.45, 2.75) is 46.1 Å². The van der Waals surface area contributed by atoms with E-state index in [1.807, 2.05) is 44.2 Å². The summed E-state index contributed by atoms with van der Waals surface area (Å²) >= 11 is 0. The second kappa shape index (κ2) is 9.98. The van der Waals surface area contributed by atoms with E-state index in [2.05, 4.69) is 19.2 Å². The molecule has 30 heavy (non-hydrogen) atoms. The van der Waals surface area contributed by atoms with E-state index < -0.39 is 10.0 Å². The highest BCUT2D eigenvalue weighted by Crippen LogP contribution is 2.25. The number of hydrogen-bond acceptors (Lipinski definition) is 4. The van der Waals surface area contributed by atoms with Crippen molar-refractivity contribution in [3.05, 3.63) is 59.2 Å². The molecular formula is C23H32N2O4S. The fourth-order valence-corrected chi connectivity index (χ4v) is 4.19. The third-order valence-corrected chi connectivity index (χ3v) is 6.24. The molecule has 2 aromatic carbocycles. The van der Waals surface area contributed by atoms with Crippen LogP contribution in [0, 0.1) is 6.92 Å². The first-order chi connectivity index (χ1) is 14.1. The summed E-state index contributed by atoms with van der Waals surface area (Å²) in [6, 6.07) is 12.8. The number of hydrogen-bond donors (Lipinski definition) is 1.